The molecule has 0 saturated carbocycles. The fourth-order valence-electron chi connectivity index (χ4n) is 1.87. The average molecular weight is 272 g/mol. The van der Waals surface area contributed by atoms with Crippen molar-refractivity contribution in [3.05, 3.63) is 39.1 Å². The molecule has 2 rings (SSSR count). The van der Waals surface area contributed by atoms with Gasteiger partial charge in [-0.2, -0.15) is 5.26 Å². The molecule has 0 unspecified atom stereocenters. The van der Waals surface area contributed by atoms with Gasteiger partial charge in [0.1, 0.15) is 11.1 Å². The molecule has 0 spiro atoms. The molecule has 1 N–H and O–H groups in total. The van der Waals surface area contributed by atoms with E-state index in [0.29, 0.717) is 12.1 Å². The summed E-state index contributed by atoms with van der Waals surface area (Å²) in [5.41, 5.74) is 3.12. The fraction of sp³-hybridized carbons (Fsp3) is 0.357. The minimum atomic E-state index is 0.609. The molecule has 5 heteroatoms. The first-order valence-corrected chi connectivity index (χ1v) is 7.01. The maximum absolute atomic E-state index is 9.19. The van der Waals surface area contributed by atoms with Crippen molar-refractivity contribution in [3.63, 3.8) is 0 Å². The number of anilines is 1. The lowest BCUT2D eigenvalue weighted by molar-refractivity contribution is 1.06. The molecule has 0 amide bonds. The Kier molecular flexibility index (Phi) is 4.13. The van der Waals surface area contributed by atoms with Crippen LogP contribution < -0.4 is 5.32 Å². The Hall–Kier alpha value is -1.93. The van der Waals surface area contributed by atoms with Gasteiger partial charge in [0.2, 0.25) is 0 Å². The van der Waals surface area contributed by atoms with Crippen molar-refractivity contribution in [1.82, 2.24) is 9.97 Å². The molecule has 0 bridgehead atoms. The van der Waals surface area contributed by atoms with Crippen LogP contribution in [-0.2, 0) is 13.0 Å². The second-order valence-corrected chi connectivity index (χ2v) is 5.51. The number of nitriles is 1. The molecule has 98 valence electrons. The third-order valence-corrected chi connectivity index (χ3v) is 3.96. The number of aryl methyl sites for hydroxylation is 3. The molecule has 2 aromatic rings. The summed E-state index contributed by atoms with van der Waals surface area (Å²) in [7, 11) is 0. The van der Waals surface area contributed by atoms with Crippen LogP contribution in [-0.4, -0.2) is 9.97 Å². The van der Waals surface area contributed by atoms with Crippen LogP contribution in [0.15, 0.2) is 12.3 Å². The van der Waals surface area contributed by atoms with Crippen LogP contribution >= 0.6 is 11.3 Å². The first-order valence-electron chi connectivity index (χ1n) is 6.19. The third-order valence-electron chi connectivity index (χ3n) is 2.82. The summed E-state index contributed by atoms with van der Waals surface area (Å²) in [5.74, 6) is 0. The maximum atomic E-state index is 9.19. The number of aromatic nitrogens is 2. The molecular weight excluding hydrogens is 256 g/mol. The molecule has 0 aromatic carbocycles. The van der Waals surface area contributed by atoms with E-state index >= 15 is 0 Å². The largest absolute Gasteiger partial charge is 0.377 e. The van der Waals surface area contributed by atoms with Gasteiger partial charge in [-0.15, -0.1) is 11.3 Å². The van der Waals surface area contributed by atoms with Crippen LogP contribution in [0.2, 0.25) is 0 Å². The SMILES string of the molecule is CCc1cnc(CNc2cc(C)nc(C)c2C#N)s1. The number of nitrogens with zero attached hydrogens (tertiary/aromatic N) is 3. The van der Waals surface area contributed by atoms with E-state index in [9.17, 15) is 5.26 Å². The van der Waals surface area contributed by atoms with Crippen molar-refractivity contribution in [2.45, 2.75) is 33.7 Å². The summed E-state index contributed by atoms with van der Waals surface area (Å²) in [6.45, 7) is 6.55. The summed E-state index contributed by atoms with van der Waals surface area (Å²) >= 11 is 1.70. The van der Waals surface area contributed by atoms with Crippen LogP contribution in [0.5, 0.6) is 0 Å². The smallest absolute Gasteiger partial charge is 0.112 e. The zero-order valence-electron chi connectivity index (χ0n) is 11.3. The topological polar surface area (TPSA) is 61.6 Å². The van der Waals surface area contributed by atoms with E-state index in [-0.39, 0.29) is 0 Å². The Labute approximate surface area is 117 Å². The standard InChI is InChI=1S/C14H16N4S/c1-4-11-7-17-14(19-11)8-16-13-5-9(2)18-10(3)12(13)6-15/h5,7H,4,8H2,1-3H3,(H,16,18). The lowest BCUT2D eigenvalue weighted by Crippen LogP contribution is -2.04. The van der Waals surface area contributed by atoms with Crippen molar-refractivity contribution in [2.24, 2.45) is 0 Å². The Bertz CT molecular complexity index is 625. The van der Waals surface area contributed by atoms with Gasteiger partial charge in [-0.25, -0.2) is 4.98 Å². The van der Waals surface area contributed by atoms with Crippen molar-refractivity contribution < 1.29 is 0 Å². The van der Waals surface area contributed by atoms with Gasteiger partial charge in [0.15, 0.2) is 0 Å². The Morgan fingerprint density at radius 2 is 2.21 bits per heavy atom. The maximum Gasteiger partial charge on any atom is 0.112 e. The van der Waals surface area contributed by atoms with Crippen LogP contribution in [0.1, 0.15) is 33.8 Å². The highest BCUT2D eigenvalue weighted by Gasteiger charge is 2.08. The van der Waals surface area contributed by atoms with Crippen molar-refractivity contribution in [3.8, 4) is 6.07 Å². The average Bonchev–Trinajstić information content (AvgIpc) is 2.83. The van der Waals surface area contributed by atoms with Crippen LogP contribution in [0.4, 0.5) is 5.69 Å². The number of nitrogens with one attached hydrogen (secondary N) is 1. The summed E-state index contributed by atoms with van der Waals surface area (Å²) < 4.78 is 0. The van der Waals surface area contributed by atoms with Crippen molar-refractivity contribution in [1.29, 1.82) is 5.26 Å². The van der Waals surface area contributed by atoms with E-state index in [4.69, 9.17) is 0 Å². The van der Waals surface area contributed by atoms with Gasteiger partial charge in [-0.05, 0) is 26.3 Å². The lowest BCUT2D eigenvalue weighted by Gasteiger charge is -2.09. The zero-order valence-corrected chi connectivity index (χ0v) is 12.1. The predicted octanol–water partition coefficient (Wildman–Crippen LogP) is 3.20. The zero-order chi connectivity index (χ0) is 13.8. The monoisotopic (exact) mass is 272 g/mol. The molecule has 0 atom stereocenters. The van der Waals surface area contributed by atoms with Gasteiger partial charge in [-0.1, -0.05) is 6.92 Å². The second kappa shape index (κ2) is 5.81. The molecule has 19 heavy (non-hydrogen) atoms. The first kappa shape index (κ1) is 13.5. The highest BCUT2D eigenvalue weighted by molar-refractivity contribution is 7.11. The van der Waals surface area contributed by atoms with Gasteiger partial charge in [0.05, 0.1) is 23.5 Å². The minimum Gasteiger partial charge on any atom is -0.377 e. The quantitative estimate of drug-likeness (QED) is 0.928. The molecule has 2 aromatic heterocycles. The van der Waals surface area contributed by atoms with Gasteiger partial charge in [0, 0.05) is 16.8 Å². The number of rotatable bonds is 4. The first-order chi connectivity index (χ1) is 9.13. The summed E-state index contributed by atoms with van der Waals surface area (Å²) in [6, 6.07) is 4.10. The highest BCUT2D eigenvalue weighted by atomic mass is 32.1. The molecule has 0 aliphatic carbocycles. The van der Waals surface area contributed by atoms with Crippen molar-refractivity contribution in [2.75, 3.05) is 5.32 Å². The molecule has 2 heterocycles. The molecule has 0 saturated heterocycles. The second-order valence-electron chi connectivity index (χ2n) is 4.31. The van der Waals surface area contributed by atoms with Crippen molar-refractivity contribution >= 4 is 17.0 Å². The van der Waals surface area contributed by atoms with Crippen LogP contribution in [0.25, 0.3) is 0 Å². The normalized spacial score (nSPS) is 10.2. The Balaban J connectivity index is 2.17. The van der Waals surface area contributed by atoms with E-state index in [2.05, 4.69) is 28.3 Å². The lowest BCUT2D eigenvalue weighted by atomic mass is 10.1. The number of thiazole rings is 1. The van der Waals surface area contributed by atoms with E-state index in [1.54, 1.807) is 11.3 Å². The summed E-state index contributed by atoms with van der Waals surface area (Å²) in [5, 5.41) is 13.5. The van der Waals surface area contributed by atoms with E-state index in [1.165, 1.54) is 4.88 Å². The summed E-state index contributed by atoms with van der Waals surface area (Å²) in [4.78, 5) is 9.94. The summed E-state index contributed by atoms with van der Waals surface area (Å²) in [6.07, 6.45) is 2.92. The molecule has 0 aliphatic rings. The van der Waals surface area contributed by atoms with Gasteiger partial charge >= 0.3 is 0 Å². The highest BCUT2D eigenvalue weighted by Crippen LogP contribution is 2.21. The molecule has 0 fully saturated rings. The minimum absolute atomic E-state index is 0.609. The Morgan fingerprint density at radius 3 is 2.84 bits per heavy atom. The fourth-order valence-corrected chi connectivity index (χ4v) is 2.68. The molecule has 4 nitrogen and oxygen atoms in total. The van der Waals surface area contributed by atoms with E-state index in [1.807, 2.05) is 26.1 Å². The van der Waals surface area contributed by atoms with Crippen LogP contribution in [0, 0.1) is 25.2 Å². The van der Waals surface area contributed by atoms with Crippen LogP contribution in [0.3, 0.4) is 0 Å². The van der Waals surface area contributed by atoms with Gasteiger partial charge in [-0.3, -0.25) is 4.98 Å². The van der Waals surface area contributed by atoms with E-state index in [0.717, 1.165) is 28.5 Å². The van der Waals surface area contributed by atoms with Gasteiger partial charge in [0.25, 0.3) is 0 Å². The predicted molar refractivity (Wildman–Crippen MR) is 77.2 cm³/mol. The number of hydrogen-bond acceptors (Lipinski definition) is 5. The van der Waals surface area contributed by atoms with E-state index < -0.39 is 0 Å². The third kappa shape index (κ3) is 3.09. The van der Waals surface area contributed by atoms with Gasteiger partial charge < -0.3 is 5.32 Å². The molecular formula is C14H16N4S. The number of pyridine rings is 1. The molecule has 0 radical (unpaired) electrons. The molecule has 0 aliphatic heterocycles. The Morgan fingerprint density at radius 1 is 1.42 bits per heavy atom. The number of hydrogen-bond donors (Lipinski definition) is 1.